The summed E-state index contributed by atoms with van der Waals surface area (Å²) in [6, 6.07) is -0.0902. The summed E-state index contributed by atoms with van der Waals surface area (Å²) < 4.78 is 0. The Hall–Kier alpha value is -1.06. The maximum atomic E-state index is 12.0. The van der Waals surface area contributed by atoms with Crippen LogP contribution in [0.25, 0.3) is 0 Å². The van der Waals surface area contributed by atoms with Gasteiger partial charge in [-0.2, -0.15) is 0 Å². The first-order chi connectivity index (χ1) is 7.11. The van der Waals surface area contributed by atoms with Crippen molar-refractivity contribution in [1.29, 1.82) is 0 Å². The molecule has 4 nitrogen and oxygen atoms in total. The van der Waals surface area contributed by atoms with Gasteiger partial charge >= 0.3 is 6.03 Å². The van der Waals surface area contributed by atoms with E-state index in [1.54, 1.807) is 0 Å². The molecule has 4 heteroatoms. The van der Waals surface area contributed by atoms with Crippen LogP contribution in [0.2, 0.25) is 0 Å². The van der Waals surface area contributed by atoms with Crippen LogP contribution in [0.15, 0.2) is 0 Å². The van der Waals surface area contributed by atoms with Gasteiger partial charge in [-0.3, -0.25) is 9.69 Å². The van der Waals surface area contributed by atoms with Gasteiger partial charge in [0.25, 0.3) is 0 Å². The second kappa shape index (κ2) is 3.83. The molecule has 2 atom stereocenters. The minimum absolute atomic E-state index is 0.00171. The Labute approximate surface area is 90.0 Å². The number of imide groups is 1. The minimum atomic E-state index is -0.197. The Morgan fingerprint density at radius 2 is 1.80 bits per heavy atom. The van der Waals surface area contributed by atoms with Gasteiger partial charge in [-0.15, -0.1) is 0 Å². The van der Waals surface area contributed by atoms with Crippen LogP contribution in [-0.2, 0) is 4.79 Å². The van der Waals surface area contributed by atoms with E-state index in [-0.39, 0.29) is 29.9 Å². The Morgan fingerprint density at radius 3 is 2.40 bits per heavy atom. The summed E-state index contributed by atoms with van der Waals surface area (Å²) in [5.74, 6) is -0.0959. The first-order valence-electron chi connectivity index (χ1n) is 5.75. The lowest BCUT2D eigenvalue weighted by atomic mass is 9.98. The molecule has 0 radical (unpaired) electrons. The van der Waals surface area contributed by atoms with Crippen molar-refractivity contribution in [1.82, 2.24) is 10.2 Å². The van der Waals surface area contributed by atoms with Crippen molar-refractivity contribution in [3.63, 3.8) is 0 Å². The van der Waals surface area contributed by atoms with E-state index in [9.17, 15) is 9.59 Å². The van der Waals surface area contributed by atoms with Crippen molar-refractivity contribution in [2.24, 2.45) is 5.92 Å². The molecule has 1 saturated carbocycles. The second-order valence-electron chi connectivity index (χ2n) is 4.67. The maximum Gasteiger partial charge on any atom is 0.324 e. The molecule has 1 heterocycles. The number of nitrogens with zero attached hydrogens (tertiary/aromatic N) is 1. The third-order valence-corrected chi connectivity index (χ3v) is 3.64. The molecule has 1 N–H and O–H groups in total. The lowest BCUT2D eigenvalue weighted by Gasteiger charge is -2.37. The number of hydrogen-bond donors (Lipinski definition) is 1. The second-order valence-corrected chi connectivity index (χ2v) is 4.67. The highest BCUT2D eigenvalue weighted by Gasteiger charge is 2.40. The van der Waals surface area contributed by atoms with Crippen LogP contribution >= 0.6 is 0 Å². The SMILES string of the molecule is CC1NC(=O)N(C2CCCC2)C(=O)C1C. The fourth-order valence-corrected chi connectivity index (χ4v) is 2.43. The van der Waals surface area contributed by atoms with Crippen LogP contribution in [0.5, 0.6) is 0 Å². The minimum Gasteiger partial charge on any atom is -0.334 e. The van der Waals surface area contributed by atoms with E-state index in [1.807, 2.05) is 13.8 Å². The molecule has 1 aliphatic carbocycles. The number of rotatable bonds is 1. The molecule has 3 amide bonds. The van der Waals surface area contributed by atoms with Gasteiger partial charge in [-0.05, 0) is 19.8 Å². The Bertz CT molecular complexity index is 284. The summed E-state index contributed by atoms with van der Waals surface area (Å²) in [6.45, 7) is 3.76. The number of amides is 3. The van der Waals surface area contributed by atoms with Gasteiger partial charge < -0.3 is 5.32 Å². The highest BCUT2D eigenvalue weighted by Crippen LogP contribution is 2.27. The zero-order valence-electron chi connectivity index (χ0n) is 9.32. The number of nitrogens with one attached hydrogen (secondary N) is 1. The van der Waals surface area contributed by atoms with Crippen LogP contribution in [0.3, 0.4) is 0 Å². The molecule has 0 aromatic rings. The van der Waals surface area contributed by atoms with Crippen molar-refractivity contribution in [3.8, 4) is 0 Å². The molecule has 1 saturated heterocycles. The van der Waals surface area contributed by atoms with E-state index >= 15 is 0 Å². The predicted molar refractivity (Wildman–Crippen MR) is 56.3 cm³/mol. The molecule has 1 aliphatic heterocycles. The van der Waals surface area contributed by atoms with Crippen LogP contribution in [-0.4, -0.2) is 28.9 Å². The summed E-state index contributed by atoms with van der Waals surface area (Å²) in [4.78, 5) is 25.2. The average Bonchev–Trinajstić information content (AvgIpc) is 2.68. The smallest absolute Gasteiger partial charge is 0.324 e. The summed E-state index contributed by atoms with van der Waals surface area (Å²) in [5.41, 5.74) is 0. The Balaban J connectivity index is 2.15. The van der Waals surface area contributed by atoms with Gasteiger partial charge in [0.05, 0.1) is 5.92 Å². The largest absolute Gasteiger partial charge is 0.334 e. The summed E-state index contributed by atoms with van der Waals surface area (Å²) in [5, 5.41) is 2.85. The standard InChI is InChI=1S/C11H18N2O2/c1-7-8(2)12-11(15)13(10(7)14)9-5-3-4-6-9/h7-9H,3-6H2,1-2H3,(H,12,15). The third-order valence-electron chi connectivity index (χ3n) is 3.64. The normalized spacial score (nSPS) is 33.3. The Kier molecular flexibility index (Phi) is 2.67. The quantitative estimate of drug-likeness (QED) is 0.713. The highest BCUT2D eigenvalue weighted by molar-refractivity contribution is 5.98. The molecule has 0 spiro atoms. The van der Waals surface area contributed by atoms with E-state index < -0.39 is 0 Å². The zero-order valence-corrected chi connectivity index (χ0v) is 9.32. The van der Waals surface area contributed by atoms with Crippen LogP contribution in [0.1, 0.15) is 39.5 Å². The molecule has 2 unspecified atom stereocenters. The van der Waals surface area contributed by atoms with Gasteiger partial charge in [0.15, 0.2) is 0 Å². The number of urea groups is 1. The summed E-state index contributed by atoms with van der Waals surface area (Å²) in [6.07, 6.45) is 4.21. The summed E-state index contributed by atoms with van der Waals surface area (Å²) >= 11 is 0. The molecule has 15 heavy (non-hydrogen) atoms. The number of carbonyl (C=O) groups is 2. The van der Waals surface area contributed by atoms with Crippen molar-refractivity contribution in [2.75, 3.05) is 0 Å². The average molecular weight is 210 g/mol. The van der Waals surface area contributed by atoms with Gasteiger partial charge in [0, 0.05) is 12.1 Å². The van der Waals surface area contributed by atoms with Gasteiger partial charge in [0.2, 0.25) is 5.91 Å². The van der Waals surface area contributed by atoms with Crippen LogP contribution < -0.4 is 5.32 Å². The first-order valence-corrected chi connectivity index (χ1v) is 5.75. The number of carbonyl (C=O) groups excluding carboxylic acids is 2. The first kappa shape index (κ1) is 10.5. The van der Waals surface area contributed by atoms with E-state index in [4.69, 9.17) is 0 Å². The van der Waals surface area contributed by atoms with Crippen molar-refractivity contribution < 1.29 is 9.59 Å². The van der Waals surface area contributed by atoms with Crippen molar-refractivity contribution >= 4 is 11.9 Å². The monoisotopic (exact) mass is 210 g/mol. The highest BCUT2D eigenvalue weighted by atomic mass is 16.2. The Morgan fingerprint density at radius 1 is 1.20 bits per heavy atom. The molecule has 0 aromatic carbocycles. The topological polar surface area (TPSA) is 49.4 Å². The van der Waals surface area contributed by atoms with Crippen molar-refractivity contribution in [2.45, 2.75) is 51.6 Å². The van der Waals surface area contributed by atoms with Crippen molar-refractivity contribution in [3.05, 3.63) is 0 Å². The summed E-state index contributed by atoms with van der Waals surface area (Å²) in [7, 11) is 0. The lowest BCUT2D eigenvalue weighted by molar-refractivity contribution is -0.136. The van der Waals surface area contributed by atoms with E-state index in [1.165, 1.54) is 4.90 Å². The third kappa shape index (κ3) is 1.73. The van der Waals surface area contributed by atoms with Gasteiger partial charge in [0.1, 0.15) is 0 Å². The molecule has 2 fully saturated rings. The van der Waals surface area contributed by atoms with E-state index in [0.29, 0.717) is 0 Å². The maximum absolute atomic E-state index is 12.0. The fourth-order valence-electron chi connectivity index (χ4n) is 2.43. The molecule has 0 aromatic heterocycles. The lowest BCUT2D eigenvalue weighted by Crippen LogP contribution is -2.60. The predicted octanol–water partition coefficient (Wildman–Crippen LogP) is 1.51. The molecule has 2 aliphatic rings. The van der Waals surface area contributed by atoms with Crippen LogP contribution in [0, 0.1) is 5.92 Å². The molecule has 0 bridgehead atoms. The molecule has 84 valence electrons. The molecular formula is C11H18N2O2. The molecule has 2 rings (SSSR count). The van der Waals surface area contributed by atoms with Crippen LogP contribution in [0.4, 0.5) is 4.79 Å². The fraction of sp³-hybridized carbons (Fsp3) is 0.818. The molecular weight excluding hydrogens is 192 g/mol. The zero-order chi connectivity index (χ0) is 11.0. The number of hydrogen-bond acceptors (Lipinski definition) is 2. The van der Waals surface area contributed by atoms with Gasteiger partial charge in [-0.1, -0.05) is 19.8 Å². The van der Waals surface area contributed by atoms with Gasteiger partial charge in [-0.25, -0.2) is 4.79 Å². The van der Waals surface area contributed by atoms with E-state index in [0.717, 1.165) is 25.7 Å². The van der Waals surface area contributed by atoms with E-state index in [2.05, 4.69) is 5.32 Å².